The lowest BCUT2D eigenvalue weighted by atomic mass is 9.93. The molecule has 1 aliphatic rings. The lowest BCUT2D eigenvalue weighted by Crippen LogP contribution is -2.28. The van der Waals surface area contributed by atoms with E-state index in [0.29, 0.717) is 53.5 Å². The Bertz CT molecular complexity index is 1900. The number of likely N-dealkylation sites (N-methyl/N-ethyl adjacent to an activating group) is 1. The van der Waals surface area contributed by atoms with Gasteiger partial charge in [0.1, 0.15) is 12.4 Å². The first-order valence-corrected chi connectivity index (χ1v) is 16.4. The SMILES string of the molecule is C=CCC1(S(=O)(=O)n2cc(C)c3c(C(=O)CCc4c(C)cc(C)[nH]c4=O)cc(-c4ccc(OCCN(C)C)cc4)cc32)CC1. The molecule has 0 spiro atoms. The highest BCUT2D eigenvalue weighted by molar-refractivity contribution is 7.91. The van der Waals surface area contributed by atoms with E-state index in [9.17, 15) is 18.0 Å². The van der Waals surface area contributed by atoms with E-state index in [1.54, 1.807) is 12.3 Å². The zero-order chi connectivity index (χ0) is 31.8. The first-order valence-electron chi connectivity index (χ1n) is 15.0. The van der Waals surface area contributed by atoms with Gasteiger partial charge in [-0.25, -0.2) is 12.4 Å². The Morgan fingerprint density at radius 3 is 2.39 bits per heavy atom. The molecule has 1 N–H and O–H groups in total. The maximum atomic E-state index is 14.0. The third kappa shape index (κ3) is 6.03. The van der Waals surface area contributed by atoms with Crippen molar-refractivity contribution in [2.75, 3.05) is 27.2 Å². The summed E-state index contributed by atoms with van der Waals surface area (Å²) in [4.78, 5) is 31.5. The fourth-order valence-corrected chi connectivity index (χ4v) is 8.01. The van der Waals surface area contributed by atoms with Crippen molar-refractivity contribution in [3.63, 3.8) is 0 Å². The fraction of sp³-hybridized carbons (Fsp3) is 0.371. The summed E-state index contributed by atoms with van der Waals surface area (Å²) in [7, 11) is 0.209. The summed E-state index contributed by atoms with van der Waals surface area (Å²) < 4.78 is 34.4. The number of aromatic amines is 1. The molecule has 232 valence electrons. The number of aromatic nitrogens is 2. The molecule has 0 radical (unpaired) electrons. The number of allylic oxidation sites excluding steroid dienone is 1. The van der Waals surface area contributed by atoms with Crippen LogP contribution in [0.15, 0.2) is 66.1 Å². The second kappa shape index (κ2) is 12.2. The third-order valence-electron chi connectivity index (χ3n) is 8.58. The number of nitrogens with zero attached hydrogens (tertiary/aromatic N) is 2. The van der Waals surface area contributed by atoms with Crippen LogP contribution in [0.4, 0.5) is 0 Å². The zero-order valence-corrected chi connectivity index (χ0v) is 27.0. The number of carbonyl (C=O) groups excluding carboxylic acids is 1. The topological polar surface area (TPSA) is 101 Å². The molecule has 5 rings (SSSR count). The number of hydrogen-bond acceptors (Lipinski definition) is 6. The summed E-state index contributed by atoms with van der Waals surface area (Å²) in [5.74, 6) is 0.582. The molecular formula is C35H41N3O5S. The Morgan fingerprint density at radius 2 is 1.77 bits per heavy atom. The van der Waals surface area contributed by atoms with Gasteiger partial charge < -0.3 is 14.6 Å². The molecule has 0 unspecified atom stereocenters. The van der Waals surface area contributed by atoms with Crippen molar-refractivity contribution >= 4 is 26.7 Å². The van der Waals surface area contributed by atoms with E-state index in [1.165, 1.54) is 3.97 Å². The number of ketones is 1. The van der Waals surface area contributed by atoms with E-state index in [1.807, 2.05) is 82.2 Å². The first-order chi connectivity index (χ1) is 20.9. The molecule has 1 fully saturated rings. The van der Waals surface area contributed by atoms with Crippen molar-refractivity contribution in [3.05, 3.63) is 99.6 Å². The monoisotopic (exact) mass is 615 g/mol. The standard InChI is InChI=1S/C35H41N3O5S/c1-7-14-35(15-16-35)44(41,42)38-22-24(3)33-30(32(39)13-12-29-23(2)19-25(4)36-34(29)40)20-27(21-31(33)38)26-8-10-28(11-9-26)43-18-17-37(5)6/h7-11,19-22H,1,12-18H2,2-6H3,(H,36,40). The molecule has 0 saturated heterocycles. The summed E-state index contributed by atoms with van der Waals surface area (Å²) in [6.45, 7) is 10.7. The van der Waals surface area contributed by atoms with Crippen LogP contribution in [0.5, 0.6) is 5.75 Å². The van der Waals surface area contributed by atoms with Crippen molar-refractivity contribution in [1.29, 1.82) is 0 Å². The molecule has 0 aliphatic heterocycles. The van der Waals surface area contributed by atoms with Crippen LogP contribution < -0.4 is 10.3 Å². The zero-order valence-electron chi connectivity index (χ0n) is 26.2. The summed E-state index contributed by atoms with van der Waals surface area (Å²) in [6, 6.07) is 13.2. The summed E-state index contributed by atoms with van der Waals surface area (Å²) in [6.07, 6.45) is 5.23. The van der Waals surface area contributed by atoms with Gasteiger partial charge in [0.05, 0.1) is 10.3 Å². The van der Waals surface area contributed by atoms with Crippen molar-refractivity contribution < 1.29 is 17.9 Å². The number of carbonyl (C=O) groups is 1. The highest BCUT2D eigenvalue weighted by Gasteiger charge is 2.54. The van der Waals surface area contributed by atoms with Crippen LogP contribution >= 0.6 is 0 Å². The lowest BCUT2D eigenvalue weighted by molar-refractivity contribution is 0.0984. The molecule has 0 amide bonds. The summed E-state index contributed by atoms with van der Waals surface area (Å²) in [5, 5.41) is 0.620. The third-order valence-corrected chi connectivity index (χ3v) is 11.1. The molecule has 1 aliphatic carbocycles. The van der Waals surface area contributed by atoms with Crippen molar-refractivity contribution in [2.45, 2.75) is 57.6 Å². The van der Waals surface area contributed by atoms with Crippen molar-refractivity contribution in [1.82, 2.24) is 13.9 Å². The van der Waals surface area contributed by atoms with E-state index < -0.39 is 14.8 Å². The molecule has 2 aromatic carbocycles. The van der Waals surface area contributed by atoms with Gasteiger partial charge in [0.2, 0.25) is 10.0 Å². The Morgan fingerprint density at radius 1 is 1.07 bits per heavy atom. The fourth-order valence-electron chi connectivity index (χ4n) is 5.94. The number of aryl methyl sites for hydroxylation is 3. The molecular weight excluding hydrogens is 574 g/mol. The van der Waals surface area contributed by atoms with E-state index in [2.05, 4.69) is 11.6 Å². The van der Waals surface area contributed by atoms with Gasteiger partial charge in [0.25, 0.3) is 5.56 Å². The number of fused-ring (bicyclic) bond motifs is 1. The van der Waals surface area contributed by atoms with Gasteiger partial charge in [0.15, 0.2) is 5.78 Å². The molecule has 9 heteroatoms. The van der Waals surface area contributed by atoms with Crippen LogP contribution in [0.1, 0.15) is 58.4 Å². The van der Waals surface area contributed by atoms with Gasteiger partial charge in [-0.1, -0.05) is 18.2 Å². The van der Waals surface area contributed by atoms with Crippen LogP contribution in [0.25, 0.3) is 22.0 Å². The second-order valence-electron chi connectivity index (χ2n) is 12.2. The molecule has 2 heterocycles. The number of Topliss-reactive ketones (excluding diaryl/α,β-unsaturated/α-hetero) is 1. The maximum absolute atomic E-state index is 14.0. The first kappa shape index (κ1) is 31.5. The smallest absolute Gasteiger partial charge is 0.251 e. The lowest BCUT2D eigenvalue weighted by Gasteiger charge is -2.17. The van der Waals surface area contributed by atoms with Gasteiger partial charge in [-0.05, 0) is 113 Å². The number of nitrogens with one attached hydrogen (secondary N) is 1. The Kier molecular flexibility index (Phi) is 8.73. The number of ether oxygens (including phenoxy) is 1. The number of pyridine rings is 1. The van der Waals surface area contributed by atoms with Gasteiger partial charge in [-0.3, -0.25) is 9.59 Å². The minimum Gasteiger partial charge on any atom is -0.492 e. The summed E-state index contributed by atoms with van der Waals surface area (Å²) in [5.41, 5.74) is 5.22. The molecule has 44 heavy (non-hydrogen) atoms. The quantitative estimate of drug-likeness (QED) is 0.147. The van der Waals surface area contributed by atoms with Gasteiger partial charge in [-0.2, -0.15) is 0 Å². The molecule has 4 aromatic rings. The van der Waals surface area contributed by atoms with Gasteiger partial charge >= 0.3 is 0 Å². The minimum atomic E-state index is -3.77. The number of rotatable bonds is 13. The molecule has 2 aromatic heterocycles. The number of benzene rings is 2. The highest BCUT2D eigenvalue weighted by atomic mass is 32.2. The van der Waals surface area contributed by atoms with Crippen LogP contribution in [-0.4, -0.2) is 60.1 Å². The average molecular weight is 616 g/mol. The molecule has 8 nitrogen and oxygen atoms in total. The Labute approximate surface area is 259 Å². The van der Waals surface area contributed by atoms with Gasteiger partial charge in [-0.15, -0.1) is 6.58 Å². The van der Waals surface area contributed by atoms with Gasteiger partial charge in [0, 0.05) is 41.4 Å². The van der Waals surface area contributed by atoms with Crippen molar-refractivity contribution in [2.24, 2.45) is 0 Å². The largest absolute Gasteiger partial charge is 0.492 e. The van der Waals surface area contributed by atoms with Crippen LogP contribution in [0.2, 0.25) is 0 Å². The average Bonchev–Trinajstić information content (AvgIpc) is 3.68. The Balaban J connectivity index is 1.59. The van der Waals surface area contributed by atoms with E-state index in [4.69, 9.17) is 4.74 Å². The van der Waals surface area contributed by atoms with Crippen LogP contribution in [-0.2, 0) is 16.4 Å². The number of hydrogen-bond donors (Lipinski definition) is 1. The summed E-state index contributed by atoms with van der Waals surface area (Å²) >= 11 is 0. The Hall–Kier alpha value is -3.95. The normalized spacial score (nSPS) is 14.2. The predicted octanol–water partition coefficient (Wildman–Crippen LogP) is 5.96. The second-order valence-corrected chi connectivity index (χ2v) is 14.5. The maximum Gasteiger partial charge on any atom is 0.251 e. The highest BCUT2D eigenvalue weighted by Crippen LogP contribution is 2.49. The van der Waals surface area contributed by atoms with Crippen molar-refractivity contribution in [3.8, 4) is 16.9 Å². The van der Waals surface area contributed by atoms with E-state index in [-0.39, 0.29) is 24.2 Å². The van der Waals surface area contributed by atoms with Crippen LogP contribution in [0.3, 0.4) is 0 Å². The predicted molar refractivity (Wildman–Crippen MR) is 176 cm³/mol. The number of H-pyrrole nitrogens is 1. The van der Waals surface area contributed by atoms with E-state index >= 15 is 0 Å². The molecule has 0 atom stereocenters. The molecule has 1 saturated carbocycles. The minimum absolute atomic E-state index is 0.113. The molecule has 0 bridgehead atoms. The van der Waals surface area contributed by atoms with Crippen LogP contribution in [0, 0.1) is 20.8 Å². The van der Waals surface area contributed by atoms with E-state index in [0.717, 1.165) is 34.7 Å².